The topological polar surface area (TPSA) is 66.0 Å². The summed E-state index contributed by atoms with van der Waals surface area (Å²) in [7, 11) is 1.64. The smallest absolute Gasteiger partial charge is 0.215 e. The molecule has 2 heterocycles. The van der Waals surface area contributed by atoms with Crippen LogP contribution in [0.5, 0.6) is 5.88 Å². The highest BCUT2D eigenvalue weighted by Crippen LogP contribution is 2.37. The van der Waals surface area contributed by atoms with E-state index < -0.39 is 0 Å². The average Bonchev–Trinajstić information content (AvgIpc) is 2.85. The Morgan fingerprint density at radius 1 is 1.29 bits per heavy atom. The van der Waals surface area contributed by atoms with Gasteiger partial charge in [0.25, 0.3) is 0 Å². The van der Waals surface area contributed by atoms with Crippen LogP contribution in [-0.4, -0.2) is 21.6 Å². The zero-order valence-electron chi connectivity index (χ0n) is 12.9. The van der Waals surface area contributed by atoms with Gasteiger partial charge in [-0.2, -0.15) is 4.98 Å². The van der Waals surface area contributed by atoms with Crippen LogP contribution in [0.15, 0.2) is 12.1 Å². The van der Waals surface area contributed by atoms with Crippen LogP contribution in [0.3, 0.4) is 0 Å². The molecule has 0 bridgehead atoms. The molecule has 114 valence electrons. The molecule has 1 unspecified atom stereocenters. The van der Waals surface area contributed by atoms with Gasteiger partial charge in [0.1, 0.15) is 5.52 Å². The minimum atomic E-state index is 0.384. The molecule has 1 fully saturated rings. The summed E-state index contributed by atoms with van der Waals surface area (Å²) in [5, 5.41) is 0. The van der Waals surface area contributed by atoms with E-state index in [0.29, 0.717) is 23.8 Å². The number of rotatable bonds is 4. The summed E-state index contributed by atoms with van der Waals surface area (Å²) in [4.78, 5) is 9.05. The summed E-state index contributed by atoms with van der Waals surface area (Å²) in [5.74, 6) is 1.86. The third-order valence-electron chi connectivity index (χ3n) is 4.69. The van der Waals surface area contributed by atoms with E-state index in [4.69, 9.17) is 10.5 Å². The maximum Gasteiger partial charge on any atom is 0.215 e. The molecule has 2 aromatic rings. The van der Waals surface area contributed by atoms with Gasteiger partial charge < -0.3 is 10.5 Å². The Labute approximate surface area is 125 Å². The van der Waals surface area contributed by atoms with Gasteiger partial charge in [0.15, 0.2) is 5.65 Å². The highest BCUT2D eigenvalue weighted by Gasteiger charge is 2.27. The first-order valence-electron chi connectivity index (χ1n) is 7.93. The Bertz CT molecular complexity index is 616. The number of hydrogen-bond donors (Lipinski definition) is 1. The van der Waals surface area contributed by atoms with Crippen LogP contribution in [0.25, 0.3) is 11.2 Å². The van der Waals surface area contributed by atoms with Crippen LogP contribution in [-0.2, 0) is 0 Å². The van der Waals surface area contributed by atoms with Gasteiger partial charge in [0.2, 0.25) is 11.8 Å². The molecular formula is C16H24N4O. The summed E-state index contributed by atoms with van der Waals surface area (Å²) >= 11 is 0. The lowest BCUT2D eigenvalue weighted by Gasteiger charge is -2.31. The van der Waals surface area contributed by atoms with Gasteiger partial charge in [-0.3, -0.25) is 4.57 Å². The van der Waals surface area contributed by atoms with Crippen molar-refractivity contribution in [3.8, 4) is 5.88 Å². The first-order valence-corrected chi connectivity index (χ1v) is 7.93. The Morgan fingerprint density at radius 3 is 2.71 bits per heavy atom. The van der Waals surface area contributed by atoms with Crippen molar-refractivity contribution in [3.63, 3.8) is 0 Å². The standard InChI is InChI=1S/C16H24N4O/c1-3-13(11-7-5-4-6-8-11)20-15-12(18-16(20)17)9-10-14(19-15)21-2/h9-11,13H,3-8H2,1-2H3,(H2,17,18). The number of anilines is 1. The van der Waals surface area contributed by atoms with E-state index in [2.05, 4.69) is 21.5 Å². The molecule has 0 amide bonds. The van der Waals surface area contributed by atoms with E-state index in [1.54, 1.807) is 7.11 Å². The van der Waals surface area contributed by atoms with E-state index >= 15 is 0 Å². The summed E-state index contributed by atoms with van der Waals surface area (Å²) in [6.45, 7) is 2.23. The van der Waals surface area contributed by atoms with Gasteiger partial charge in [0.05, 0.1) is 7.11 Å². The number of ether oxygens (including phenoxy) is 1. The molecule has 2 N–H and O–H groups in total. The van der Waals surface area contributed by atoms with Crippen LogP contribution in [0.4, 0.5) is 5.95 Å². The van der Waals surface area contributed by atoms with Crippen LogP contribution >= 0.6 is 0 Å². The number of imidazole rings is 1. The van der Waals surface area contributed by atoms with Crippen molar-refractivity contribution in [1.82, 2.24) is 14.5 Å². The number of methoxy groups -OCH3 is 1. The van der Waals surface area contributed by atoms with Crippen LogP contribution in [0.1, 0.15) is 51.5 Å². The van der Waals surface area contributed by atoms with Crippen molar-refractivity contribution in [2.75, 3.05) is 12.8 Å². The highest BCUT2D eigenvalue weighted by molar-refractivity contribution is 5.75. The SMILES string of the molecule is CCC(C1CCCCC1)n1c(N)nc2ccc(OC)nc21. The molecule has 0 saturated heterocycles. The van der Waals surface area contributed by atoms with Gasteiger partial charge >= 0.3 is 0 Å². The average molecular weight is 288 g/mol. The fourth-order valence-electron chi connectivity index (χ4n) is 3.66. The predicted octanol–water partition coefficient (Wildman–Crippen LogP) is 3.55. The number of fused-ring (bicyclic) bond motifs is 1. The van der Waals surface area contributed by atoms with Gasteiger partial charge in [0, 0.05) is 12.1 Å². The van der Waals surface area contributed by atoms with Crippen molar-refractivity contribution in [1.29, 1.82) is 0 Å². The molecule has 5 nitrogen and oxygen atoms in total. The summed E-state index contributed by atoms with van der Waals surface area (Å²) in [5.41, 5.74) is 7.90. The minimum absolute atomic E-state index is 0.384. The van der Waals surface area contributed by atoms with Crippen LogP contribution in [0.2, 0.25) is 0 Å². The van der Waals surface area contributed by atoms with E-state index in [9.17, 15) is 0 Å². The number of nitrogens with two attached hydrogens (primary N) is 1. The first kappa shape index (κ1) is 14.2. The summed E-state index contributed by atoms with van der Waals surface area (Å²) in [6.07, 6.45) is 7.62. The lowest BCUT2D eigenvalue weighted by molar-refractivity contribution is 0.248. The third kappa shape index (κ3) is 2.57. The number of pyridine rings is 1. The predicted molar refractivity (Wildman–Crippen MR) is 84.4 cm³/mol. The molecule has 0 spiro atoms. The van der Waals surface area contributed by atoms with E-state index in [-0.39, 0.29) is 0 Å². The van der Waals surface area contributed by atoms with Gasteiger partial charge in [-0.05, 0) is 31.2 Å². The molecule has 0 radical (unpaired) electrons. The van der Waals surface area contributed by atoms with Crippen molar-refractivity contribution in [2.24, 2.45) is 5.92 Å². The van der Waals surface area contributed by atoms with Crippen molar-refractivity contribution < 1.29 is 4.74 Å². The Hall–Kier alpha value is -1.78. The van der Waals surface area contributed by atoms with Crippen molar-refractivity contribution in [2.45, 2.75) is 51.5 Å². The zero-order valence-corrected chi connectivity index (χ0v) is 12.9. The maximum atomic E-state index is 6.20. The van der Waals surface area contributed by atoms with Crippen molar-refractivity contribution >= 4 is 17.1 Å². The lowest BCUT2D eigenvalue weighted by atomic mass is 9.83. The van der Waals surface area contributed by atoms with Gasteiger partial charge in [-0.1, -0.05) is 26.2 Å². The second-order valence-electron chi connectivity index (χ2n) is 5.91. The van der Waals surface area contributed by atoms with Crippen LogP contribution in [0, 0.1) is 5.92 Å². The quantitative estimate of drug-likeness (QED) is 0.934. The molecule has 21 heavy (non-hydrogen) atoms. The first-order chi connectivity index (χ1) is 10.2. The largest absolute Gasteiger partial charge is 0.481 e. The Morgan fingerprint density at radius 2 is 2.05 bits per heavy atom. The van der Waals surface area contributed by atoms with Gasteiger partial charge in [-0.25, -0.2) is 4.98 Å². The molecule has 1 atom stereocenters. The second kappa shape index (κ2) is 5.92. The molecule has 5 heteroatoms. The zero-order chi connectivity index (χ0) is 14.8. The molecule has 1 aliphatic carbocycles. The van der Waals surface area contributed by atoms with E-state index in [1.807, 2.05) is 12.1 Å². The summed E-state index contributed by atoms with van der Waals surface area (Å²) < 4.78 is 7.39. The Kier molecular flexibility index (Phi) is 3.99. The molecule has 2 aromatic heterocycles. The second-order valence-corrected chi connectivity index (χ2v) is 5.91. The molecule has 3 rings (SSSR count). The van der Waals surface area contributed by atoms with Crippen LogP contribution < -0.4 is 10.5 Å². The molecule has 0 aliphatic heterocycles. The molecule has 1 saturated carbocycles. The Balaban J connectivity index is 2.05. The molecule has 0 aromatic carbocycles. The number of hydrogen-bond acceptors (Lipinski definition) is 4. The molecular weight excluding hydrogens is 264 g/mol. The van der Waals surface area contributed by atoms with E-state index in [1.165, 1.54) is 32.1 Å². The molecule has 1 aliphatic rings. The number of aromatic nitrogens is 3. The third-order valence-corrected chi connectivity index (χ3v) is 4.69. The monoisotopic (exact) mass is 288 g/mol. The normalized spacial score (nSPS) is 18.0. The fourth-order valence-corrected chi connectivity index (χ4v) is 3.66. The number of nitrogens with zero attached hydrogens (tertiary/aromatic N) is 3. The lowest BCUT2D eigenvalue weighted by Crippen LogP contribution is -2.22. The van der Waals surface area contributed by atoms with E-state index in [0.717, 1.165) is 17.6 Å². The van der Waals surface area contributed by atoms with Gasteiger partial charge in [-0.15, -0.1) is 0 Å². The van der Waals surface area contributed by atoms with Crippen molar-refractivity contribution in [3.05, 3.63) is 12.1 Å². The summed E-state index contributed by atoms with van der Waals surface area (Å²) in [6, 6.07) is 4.15. The fraction of sp³-hybridized carbons (Fsp3) is 0.625. The number of nitrogen functional groups attached to an aromatic ring is 1. The maximum absolute atomic E-state index is 6.20. The highest BCUT2D eigenvalue weighted by atomic mass is 16.5. The minimum Gasteiger partial charge on any atom is -0.481 e.